The Bertz CT molecular complexity index is 1670. The molecule has 0 unspecified atom stereocenters. The van der Waals surface area contributed by atoms with Crippen molar-refractivity contribution in [3.05, 3.63) is 58.1 Å². The standard InChI is InChI=1S/C40H57ClN4O5S/c1-28-7-6-15-40(3,27-43-17-18-44-19-20-49-26-35(44)24-43)36-13-10-32(36)23-45-16-5-4-8-30-21-34(41)12-9-33(30)25-50-38-14-11-31(22-37(38)45)39(46)42-51(47,48)29(28)2/h9,11-12,14,21-22,28-29,32,35-36H,4-8,10,13,15-20,23-27H2,1-3H3,(H,42,46)/t28-,29+,32-,35-,36+,40-/m0/s1. The average Bonchev–Trinajstić information content (AvgIpc) is 3.12. The second kappa shape index (κ2) is 15.5. The van der Waals surface area contributed by atoms with Crippen LogP contribution in [0.15, 0.2) is 36.4 Å². The molecular formula is C40H57ClN4O5S. The number of ether oxygens (including phenoxy) is 2. The van der Waals surface area contributed by atoms with Crippen LogP contribution in [0.1, 0.15) is 87.2 Å². The van der Waals surface area contributed by atoms with Crippen LogP contribution >= 0.6 is 11.6 Å². The highest BCUT2D eigenvalue weighted by molar-refractivity contribution is 7.90. The summed E-state index contributed by atoms with van der Waals surface area (Å²) in [6, 6.07) is 11.9. The molecule has 2 aromatic carbocycles. The van der Waals surface area contributed by atoms with Gasteiger partial charge < -0.3 is 14.4 Å². The number of fused-ring (bicyclic) bond motifs is 4. The summed E-state index contributed by atoms with van der Waals surface area (Å²) < 4.78 is 42.1. The number of amides is 1. The van der Waals surface area contributed by atoms with Crippen molar-refractivity contribution in [2.75, 3.05) is 63.9 Å². The predicted octanol–water partition coefficient (Wildman–Crippen LogP) is 6.38. The molecular weight excluding hydrogens is 684 g/mol. The minimum Gasteiger partial charge on any atom is -0.487 e. The number of hydrogen-bond acceptors (Lipinski definition) is 8. The van der Waals surface area contributed by atoms with Crippen molar-refractivity contribution in [2.45, 2.75) is 90.0 Å². The van der Waals surface area contributed by atoms with Gasteiger partial charge in [0.05, 0.1) is 24.2 Å². The number of hydrogen-bond donors (Lipinski definition) is 1. The van der Waals surface area contributed by atoms with Gasteiger partial charge in [-0.15, -0.1) is 0 Å². The van der Waals surface area contributed by atoms with Crippen LogP contribution in [0.4, 0.5) is 5.69 Å². The molecule has 9 nitrogen and oxygen atoms in total. The van der Waals surface area contributed by atoms with E-state index in [1.807, 2.05) is 31.2 Å². The van der Waals surface area contributed by atoms with Gasteiger partial charge in [0.25, 0.3) is 5.91 Å². The Morgan fingerprint density at radius 3 is 2.65 bits per heavy atom. The maximum Gasteiger partial charge on any atom is 0.264 e. The molecule has 0 radical (unpaired) electrons. The number of rotatable bonds is 2. The molecule has 2 bridgehead atoms. The van der Waals surface area contributed by atoms with E-state index in [4.69, 9.17) is 21.1 Å². The van der Waals surface area contributed by atoms with Gasteiger partial charge >= 0.3 is 0 Å². The fourth-order valence-corrected chi connectivity index (χ4v) is 11.1. The summed E-state index contributed by atoms with van der Waals surface area (Å²) in [6.07, 6.45) is 8.15. The average molecular weight is 741 g/mol. The maximum atomic E-state index is 13.6. The van der Waals surface area contributed by atoms with Crippen molar-refractivity contribution in [3.8, 4) is 5.75 Å². The summed E-state index contributed by atoms with van der Waals surface area (Å²) in [5.74, 6) is 1.12. The third-order valence-electron chi connectivity index (χ3n) is 13.0. The smallest absolute Gasteiger partial charge is 0.264 e. The second-order valence-corrected chi connectivity index (χ2v) is 18.9. The molecule has 11 heteroatoms. The van der Waals surface area contributed by atoms with Crippen LogP contribution in [0, 0.1) is 23.2 Å². The fourth-order valence-electron chi connectivity index (χ4n) is 9.56. The van der Waals surface area contributed by atoms with Crippen molar-refractivity contribution in [1.29, 1.82) is 0 Å². The van der Waals surface area contributed by atoms with E-state index < -0.39 is 21.2 Å². The van der Waals surface area contributed by atoms with Crippen molar-refractivity contribution in [3.63, 3.8) is 0 Å². The summed E-state index contributed by atoms with van der Waals surface area (Å²) in [4.78, 5) is 21.3. The third-order valence-corrected chi connectivity index (χ3v) is 15.2. The van der Waals surface area contributed by atoms with E-state index in [0.29, 0.717) is 35.8 Å². The number of nitrogens with zero attached hydrogens (tertiary/aromatic N) is 3. The number of morpholine rings is 1. The van der Waals surface area contributed by atoms with Crippen LogP contribution in [0.3, 0.4) is 0 Å². The van der Waals surface area contributed by atoms with Gasteiger partial charge in [0, 0.05) is 62.4 Å². The molecule has 1 amide bonds. The van der Waals surface area contributed by atoms with E-state index in [1.165, 1.54) is 18.4 Å². The first-order chi connectivity index (χ1) is 24.5. The molecule has 0 aromatic heterocycles. The lowest BCUT2D eigenvalue weighted by Gasteiger charge is -2.53. The largest absolute Gasteiger partial charge is 0.487 e. The Morgan fingerprint density at radius 1 is 0.961 bits per heavy atom. The first-order valence-corrected chi connectivity index (χ1v) is 21.3. The van der Waals surface area contributed by atoms with Crippen LogP contribution in [0.25, 0.3) is 0 Å². The number of sulfonamides is 1. The lowest BCUT2D eigenvalue weighted by atomic mass is 9.57. The van der Waals surface area contributed by atoms with E-state index in [9.17, 15) is 13.2 Å². The normalized spacial score (nSPS) is 32.5. The van der Waals surface area contributed by atoms with Crippen LogP contribution in [0.5, 0.6) is 5.75 Å². The zero-order valence-electron chi connectivity index (χ0n) is 30.7. The highest BCUT2D eigenvalue weighted by Crippen LogP contribution is 2.51. The summed E-state index contributed by atoms with van der Waals surface area (Å²) in [7, 11) is -3.89. The highest BCUT2D eigenvalue weighted by Gasteiger charge is 2.46. The minimum atomic E-state index is -3.89. The summed E-state index contributed by atoms with van der Waals surface area (Å²) >= 11 is 6.41. The predicted molar refractivity (Wildman–Crippen MR) is 203 cm³/mol. The summed E-state index contributed by atoms with van der Waals surface area (Å²) in [5, 5.41) is 0.0437. The Hall–Kier alpha value is -2.37. The van der Waals surface area contributed by atoms with Crippen molar-refractivity contribution < 1.29 is 22.7 Å². The number of piperazine rings is 1. The molecule has 2 saturated heterocycles. The quantitative estimate of drug-likeness (QED) is 0.380. The molecule has 4 heterocycles. The highest BCUT2D eigenvalue weighted by atomic mass is 35.5. The van der Waals surface area contributed by atoms with E-state index in [1.54, 1.807) is 13.0 Å². The van der Waals surface area contributed by atoms with E-state index in [0.717, 1.165) is 114 Å². The van der Waals surface area contributed by atoms with Gasteiger partial charge in [-0.25, -0.2) is 13.1 Å². The monoisotopic (exact) mass is 740 g/mol. The Balaban J connectivity index is 1.22. The first-order valence-electron chi connectivity index (χ1n) is 19.4. The Labute approximate surface area is 310 Å². The molecule has 3 fully saturated rings. The Kier molecular flexibility index (Phi) is 11.3. The zero-order valence-corrected chi connectivity index (χ0v) is 32.3. The van der Waals surface area contributed by atoms with Gasteiger partial charge in [-0.1, -0.05) is 37.9 Å². The van der Waals surface area contributed by atoms with Crippen molar-refractivity contribution >= 4 is 33.2 Å². The number of aryl methyl sites for hydroxylation is 1. The number of nitrogens with one attached hydrogen (secondary N) is 1. The summed E-state index contributed by atoms with van der Waals surface area (Å²) in [6.45, 7) is 15.4. The molecule has 1 aliphatic carbocycles. The molecule has 2 aromatic rings. The van der Waals surface area contributed by atoms with Crippen LogP contribution in [-0.4, -0.2) is 94.4 Å². The number of benzene rings is 2. The number of halogens is 1. The molecule has 5 aliphatic rings. The minimum absolute atomic E-state index is 0.0818. The van der Waals surface area contributed by atoms with Gasteiger partial charge in [0.1, 0.15) is 12.4 Å². The van der Waals surface area contributed by atoms with Gasteiger partial charge in [-0.3, -0.25) is 14.6 Å². The van der Waals surface area contributed by atoms with Crippen molar-refractivity contribution in [1.82, 2.24) is 14.5 Å². The van der Waals surface area contributed by atoms with Gasteiger partial charge in [0.2, 0.25) is 10.0 Å². The maximum absolute atomic E-state index is 13.6. The topological polar surface area (TPSA) is 91.4 Å². The van der Waals surface area contributed by atoms with E-state index in [2.05, 4.69) is 32.4 Å². The van der Waals surface area contributed by atoms with Crippen LogP contribution < -0.4 is 14.4 Å². The molecule has 6 atom stereocenters. The molecule has 0 spiro atoms. The Morgan fingerprint density at radius 2 is 1.82 bits per heavy atom. The fraction of sp³-hybridized carbons (Fsp3) is 0.675. The lowest BCUT2D eigenvalue weighted by molar-refractivity contribution is -0.0658. The molecule has 1 saturated carbocycles. The van der Waals surface area contributed by atoms with E-state index >= 15 is 0 Å². The van der Waals surface area contributed by atoms with Crippen LogP contribution in [0.2, 0.25) is 5.02 Å². The molecule has 280 valence electrons. The molecule has 51 heavy (non-hydrogen) atoms. The van der Waals surface area contributed by atoms with Gasteiger partial charge in [-0.05, 0) is 116 Å². The van der Waals surface area contributed by atoms with Gasteiger partial charge in [0.15, 0.2) is 0 Å². The molecule has 4 aliphatic heterocycles. The zero-order chi connectivity index (χ0) is 35.8. The van der Waals surface area contributed by atoms with Crippen molar-refractivity contribution in [2.24, 2.45) is 23.2 Å². The molecule has 1 N–H and O–H groups in total. The lowest BCUT2D eigenvalue weighted by Crippen LogP contribution is -2.60. The summed E-state index contributed by atoms with van der Waals surface area (Å²) in [5.41, 5.74) is 3.62. The second-order valence-electron chi connectivity index (χ2n) is 16.4. The third kappa shape index (κ3) is 8.25. The number of anilines is 1. The molecule has 7 rings (SSSR count). The van der Waals surface area contributed by atoms with Gasteiger partial charge in [-0.2, -0.15) is 0 Å². The SMILES string of the molecule is C[C@@H]1[C@@H](C)CCC[C@@](C)(CN2CCN3CCOC[C@@H]3C2)[C@@H]2CC[C@H]2CN2CCCCc3cc(Cl)ccc3COc3ccc(cc32)C(=O)NS1(=O)=O. The number of carbonyl (C=O) groups excluding carboxylic acids is 1. The number of carbonyl (C=O) groups is 1. The first kappa shape index (κ1) is 37.0. The van der Waals surface area contributed by atoms with Crippen LogP contribution in [-0.2, 0) is 27.8 Å². The van der Waals surface area contributed by atoms with E-state index in [-0.39, 0.29) is 11.3 Å².